The summed E-state index contributed by atoms with van der Waals surface area (Å²) in [7, 11) is 0. The van der Waals surface area contributed by atoms with Gasteiger partial charge in [0, 0.05) is 18.3 Å². The number of H-pyrrole nitrogens is 1. The predicted octanol–water partition coefficient (Wildman–Crippen LogP) is -1.77. The summed E-state index contributed by atoms with van der Waals surface area (Å²) in [5.41, 5.74) is 11.8. The van der Waals surface area contributed by atoms with Gasteiger partial charge in [-0.1, -0.05) is 13.8 Å². The molecule has 31 heavy (non-hydrogen) atoms. The van der Waals surface area contributed by atoms with E-state index in [1.165, 1.54) is 12.5 Å². The van der Waals surface area contributed by atoms with Crippen LogP contribution >= 0.6 is 0 Å². The normalized spacial score (nSPS) is 13.8. The SMILES string of the molecule is CC(C)C(N)C(=O)NC(Cc1cnc[nH]1)C(=O)NCC(=O)NC(CCCCN)C(=O)O. The molecule has 0 aliphatic carbocycles. The molecule has 0 aromatic carbocycles. The van der Waals surface area contributed by atoms with Crippen LogP contribution in [-0.4, -0.2) is 70.0 Å². The Labute approximate surface area is 180 Å². The second kappa shape index (κ2) is 13.3. The molecule has 0 bridgehead atoms. The van der Waals surface area contributed by atoms with Crippen LogP contribution in [-0.2, 0) is 25.6 Å². The third-order valence-corrected chi connectivity index (χ3v) is 4.64. The molecule has 1 aromatic rings. The molecule has 0 saturated carbocycles. The van der Waals surface area contributed by atoms with Crippen molar-refractivity contribution in [3.63, 3.8) is 0 Å². The van der Waals surface area contributed by atoms with E-state index < -0.39 is 48.4 Å². The lowest BCUT2D eigenvalue weighted by molar-refractivity contribution is -0.142. The van der Waals surface area contributed by atoms with Crippen molar-refractivity contribution in [2.45, 2.75) is 57.7 Å². The molecule has 0 spiro atoms. The van der Waals surface area contributed by atoms with E-state index in [-0.39, 0.29) is 18.8 Å². The van der Waals surface area contributed by atoms with Crippen LogP contribution in [0.25, 0.3) is 0 Å². The van der Waals surface area contributed by atoms with Crippen LogP contribution in [0.5, 0.6) is 0 Å². The zero-order valence-corrected chi connectivity index (χ0v) is 17.9. The highest BCUT2D eigenvalue weighted by molar-refractivity contribution is 5.92. The van der Waals surface area contributed by atoms with Gasteiger partial charge in [-0.3, -0.25) is 14.4 Å². The maximum atomic E-state index is 12.6. The summed E-state index contributed by atoms with van der Waals surface area (Å²) in [6.07, 6.45) is 4.49. The molecule has 0 fully saturated rings. The van der Waals surface area contributed by atoms with Gasteiger partial charge in [0.05, 0.1) is 18.9 Å². The smallest absolute Gasteiger partial charge is 0.326 e. The number of aromatic amines is 1. The molecule has 0 radical (unpaired) electrons. The molecule has 12 nitrogen and oxygen atoms in total. The molecule has 9 N–H and O–H groups in total. The minimum Gasteiger partial charge on any atom is -0.480 e. The first-order valence-electron chi connectivity index (χ1n) is 10.2. The van der Waals surface area contributed by atoms with E-state index in [1.807, 2.05) is 0 Å². The van der Waals surface area contributed by atoms with E-state index in [2.05, 4.69) is 25.9 Å². The number of aliphatic carboxylic acids is 1. The fourth-order valence-electron chi connectivity index (χ4n) is 2.68. The third kappa shape index (κ3) is 9.57. The number of hydrogen-bond acceptors (Lipinski definition) is 7. The van der Waals surface area contributed by atoms with Gasteiger partial charge >= 0.3 is 5.97 Å². The second-order valence-corrected chi connectivity index (χ2v) is 7.57. The summed E-state index contributed by atoms with van der Waals surface area (Å²) in [4.78, 5) is 55.1. The van der Waals surface area contributed by atoms with Crippen LogP contribution in [0.15, 0.2) is 12.5 Å². The molecule has 1 rings (SSSR count). The first-order valence-corrected chi connectivity index (χ1v) is 10.2. The fraction of sp³-hybridized carbons (Fsp3) is 0.632. The highest BCUT2D eigenvalue weighted by Gasteiger charge is 2.26. The number of carbonyl (C=O) groups is 4. The van der Waals surface area contributed by atoms with Crippen LogP contribution in [0.2, 0.25) is 0 Å². The topological polar surface area (TPSA) is 205 Å². The molecule has 0 aliphatic rings. The quantitative estimate of drug-likeness (QED) is 0.165. The predicted molar refractivity (Wildman–Crippen MR) is 113 cm³/mol. The number of amides is 3. The van der Waals surface area contributed by atoms with Crippen LogP contribution in [0, 0.1) is 5.92 Å². The van der Waals surface area contributed by atoms with Crippen molar-refractivity contribution in [2.75, 3.05) is 13.1 Å². The maximum absolute atomic E-state index is 12.6. The minimum absolute atomic E-state index is 0.112. The third-order valence-electron chi connectivity index (χ3n) is 4.64. The van der Waals surface area contributed by atoms with Crippen molar-refractivity contribution in [3.05, 3.63) is 18.2 Å². The van der Waals surface area contributed by atoms with Crippen molar-refractivity contribution < 1.29 is 24.3 Å². The van der Waals surface area contributed by atoms with Gasteiger partial charge in [0.2, 0.25) is 17.7 Å². The molecule has 0 aliphatic heterocycles. The molecule has 174 valence electrons. The van der Waals surface area contributed by atoms with E-state index in [1.54, 1.807) is 13.8 Å². The number of imidazole rings is 1. The number of nitrogens with two attached hydrogens (primary N) is 2. The Bertz CT molecular complexity index is 723. The molecular formula is C19H33N7O5. The second-order valence-electron chi connectivity index (χ2n) is 7.57. The van der Waals surface area contributed by atoms with E-state index in [9.17, 15) is 24.3 Å². The molecule has 3 unspecified atom stereocenters. The number of rotatable bonds is 14. The van der Waals surface area contributed by atoms with E-state index in [0.29, 0.717) is 25.1 Å². The zero-order chi connectivity index (χ0) is 23.4. The number of aromatic nitrogens is 2. The summed E-state index contributed by atoms with van der Waals surface area (Å²) in [6.45, 7) is 3.56. The summed E-state index contributed by atoms with van der Waals surface area (Å²) in [5, 5.41) is 16.6. The first-order chi connectivity index (χ1) is 14.6. The van der Waals surface area contributed by atoms with Gasteiger partial charge in [-0.15, -0.1) is 0 Å². The Morgan fingerprint density at radius 2 is 1.84 bits per heavy atom. The number of carbonyl (C=O) groups excluding carboxylic acids is 3. The van der Waals surface area contributed by atoms with Gasteiger partial charge in [-0.25, -0.2) is 9.78 Å². The molecule has 3 atom stereocenters. The number of hydrogen-bond donors (Lipinski definition) is 7. The number of nitrogens with one attached hydrogen (secondary N) is 4. The summed E-state index contributed by atoms with van der Waals surface area (Å²) < 4.78 is 0. The van der Waals surface area contributed by atoms with E-state index in [0.717, 1.165) is 0 Å². The van der Waals surface area contributed by atoms with Crippen molar-refractivity contribution in [1.82, 2.24) is 25.9 Å². The number of unbranched alkanes of at least 4 members (excludes halogenated alkanes) is 1. The average molecular weight is 440 g/mol. The Morgan fingerprint density at radius 1 is 1.13 bits per heavy atom. The fourth-order valence-corrected chi connectivity index (χ4v) is 2.68. The van der Waals surface area contributed by atoms with Gasteiger partial charge in [0.1, 0.15) is 12.1 Å². The lowest BCUT2D eigenvalue weighted by Crippen LogP contribution is -2.55. The molecule has 12 heteroatoms. The van der Waals surface area contributed by atoms with Gasteiger partial charge in [0.25, 0.3) is 0 Å². The Hall–Kier alpha value is -2.99. The van der Waals surface area contributed by atoms with Crippen molar-refractivity contribution in [1.29, 1.82) is 0 Å². The molecular weight excluding hydrogens is 406 g/mol. The number of carboxylic acids is 1. The summed E-state index contributed by atoms with van der Waals surface area (Å²) >= 11 is 0. The van der Waals surface area contributed by atoms with Gasteiger partial charge < -0.3 is 37.5 Å². The molecule has 0 saturated heterocycles. The van der Waals surface area contributed by atoms with E-state index in [4.69, 9.17) is 11.5 Å². The number of carboxylic acid groups (broad SMARTS) is 1. The van der Waals surface area contributed by atoms with Gasteiger partial charge in [-0.2, -0.15) is 0 Å². The Kier molecular flexibility index (Phi) is 11.2. The first kappa shape index (κ1) is 26.0. The van der Waals surface area contributed by atoms with Crippen LogP contribution in [0.3, 0.4) is 0 Å². The summed E-state index contributed by atoms with van der Waals surface area (Å²) in [6, 6.07) is -2.86. The van der Waals surface area contributed by atoms with Crippen LogP contribution in [0.1, 0.15) is 38.8 Å². The van der Waals surface area contributed by atoms with Gasteiger partial charge in [-0.05, 0) is 31.7 Å². The monoisotopic (exact) mass is 439 g/mol. The lowest BCUT2D eigenvalue weighted by Gasteiger charge is -2.22. The molecule has 1 heterocycles. The zero-order valence-electron chi connectivity index (χ0n) is 17.9. The Balaban J connectivity index is 2.68. The minimum atomic E-state index is -1.16. The van der Waals surface area contributed by atoms with Crippen LogP contribution < -0.4 is 27.4 Å². The van der Waals surface area contributed by atoms with Crippen molar-refractivity contribution in [2.24, 2.45) is 17.4 Å². The van der Waals surface area contributed by atoms with Gasteiger partial charge in [0.15, 0.2) is 0 Å². The number of nitrogens with zero attached hydrogens (tertiary/aromatic N) is 1. The van der Waals surface area contributed by atoms with Crippen LogP contribution in [0.4, 0.5) is 0 Å². The highest BCUT2D eigenvalue weighted by atomic mass is 16.4. The molecule has 1 aromatic heterocycles. The highest BCUT2D eigenvalue weighted by Crippen LogP contribution is 2.03. The average Bonchev–Trinajstić information content (AvgIpc) is 3.23. The van der Waals surface area contributed by atoms with E-state index >= 15 is 0 Å². The molecule has 3 amide bonds. The Morgan fingerprint density at radius 3 is 2.39 bits per heavy atom. The van der Waals surface area contributed by atoms with Crippen molar-refractivity contribution >= 4 is 23.7 Å². The van der Waals surface area contributed by atoms with Crippen molar-refractivity contribution in [3.8, 4) is 0 Å². The standard InChI is InChI=1S/C19H33N7O5/c1-11(2)16(21)18(29)26-14(7-12-8-22-10-24-12)17(28)23-9-15(27)25-13(19(30)31)5-3-4-6-20/h8,10-11,13-14,16H,3-7,9,20-21H2,1-2H3,(H,22,24)(H,23,28)(H,25,27)(H,26,29)(H,30,31). The summed E-state index contributed by atoms with van der Waals surface area (Å²) in [5.74, 6) is -3.05. The lowest BCUT2D eigenvalue weighted by atomic mass is 10.0. The largest absolute Gasteiger partial charge is 0.480 e. The maximum Gasteiger partial charge on any atom is 0.326 e.